The Morgan fingerprint density at radius 2 is 1.69 bits per heavy atom. The SMILES string of the molecule is O=C(CCNC(=O)Cn1ccc2ccccc2c1=O)NC[C@@H]1CCC[C@H]1c1ccccc1. The van der Waals surface area contributed by atoms with Gasteiger partial charge in [-0.3, -0.25) is 14.4 Å². The van der Waals surface area contributed by atoms with Gasteiger partial charge in [0.2, 0.25) is 11.8 Å². The molecule has 2 amide bonds. The van der Waals surface area contributed by atoms with Gasteiger partial charge in [0, 0.05) is 31.1 Å². The number of pyridine rings is 1. The lowest BCUT2D eigenvalue weighted by Crippen LogP contribution is -2.36. The van der Waals surface area contributed by atoms with Crippen molar-refractivity contribution in [3.8, 4) is 0 Å². The van der Waals surface area contributed by atoms with Crippen LogP contribution in [0.4, 0.5) is 0 Å². The summed E-state index contributed by atoms with van der Waals surface area (Å²) in [5.74, 6) is 0.606. The number of fused-ring (bicyclic) bond motifs is 1. The summed E-state index contributed by atoms with van der Waals surface area (Å²) in [5.41, 5.74) is 1.15. The van der Waals surface area contributed by atoms with Crippen molar-refractivity contribution in [2.45, 2.75) is 38.1 Å². The summed E-state index contributed by atoms with van der Waals surface area (Å²) < 4.78 is 1.39. The third kappa shape index (κ3) is 5.25. The molecular formula is C26H29N3O3. The Morgan fingerprint density at radius 1 is 0.906 bits per heavy atom. The average molecular weight is 432 g/mol. The Labute approximate surface area is 187 Å². The van der Waals surface area contributed by atoms with Gasteiger partial charge in [-0.05, 0) is 47.8 Å². The van der Waals surface area contributed by atoms with Crippen LogP contribution in [0.25, 0.3) is 10.8 Å². The number of nitrogens with zero attached hydrogens (tertiary/aromatic N) is 1. The molecule has 2 N–H and O–H groups in total. The second kappa shape index (κ2) is 10.3. The molecule has 6 heteroatoms. The molecule has 3 aromatic rings. The van der Waals surface area contributed by atoms with Gasteiger partial charge >= 0.3 is 0 Å². The lowest BCUT2D eigenvalue weighted by molar-refractivity contribution is -0.122. The molecule has 2 aromatic carbocycles. The molecule has 1 aliphatic rings. The highest BCUT2D eigenvalue weighted by Crippen LogP contribution is 2.39. The molecule has 0 bridgehead atoms. The first-order valence-corrected chi connectivity index (χ1v) is 11.3. The Balaban J connectivity index is 1.21. The largest absolute Gasteiger partial charge is 0.356 e. The number of carbonyl (C=O) groups is 2. The van der Waals surface area contributed by atoms with Crippen molar-refractivity contribution in [2.75, 3.05) is 13.1 Å². The molecule has 1 saturated carbocycles. The van der Waals surface area contributed by atoms with Crippen molar-refractivity contribution in [3.05, 3.63) is 82.8 Å². The number of benzene rings is 2. The van der Waals surface area contributed by atoms with Crippen molar-refractivity contribution in [1.82, 2.24) is 15.2 Å². The van der Waals surface area contributed by atoms with Crippen molar-refractivity contribution < 1.29 is 9.59 Å². The normalized spacial score (nSPS) is 17.9. The average Bonchev–Trinajstić information content (AvgIpc) is 3.29. The topological polar surface area (TPSA) is 80.2 Å². The van der Waals surface area contributed by atoms with Crippen molar-refractivity contribution >= 4 is 22.6 Å². The maximum absolute atomic E-state index is 12.5. The molecule has 0 aliphatic heterocycles. The number of amides is 2. The van der Waals surface area contributed by atoms with Crippen LogP contribution in [0.5, 0.6) is 0 Å². The van der Waals surface area contributed by atoms with Crippen LogP contribution in [-0.2, 0) is 16.1 Å². The molecule has 6 nitrogen and oxygen atoms in total. The monoisotopic (exact) mass is 431 g/mol. The first kappa shape index (κ1) is 21.8. The van der Waals surface area contributed by atoms with Gasteiger partial charge in [-0.25, -0.2) is 0 Å². The number of rotatable bonds is 8. The van der Waals surface area contributed by atoms with E-state index in [0.29, 0.717) is 23.8 Å². The van der Waals surface area contributed by atoms with Crippen LogP contribution in [0, 0.1) is 5.92 Å². The van der Waals surface area contributed by atoms with E-state index in [1.54, 1.807) is 18.3 Å². The standard InChI is InChI=1S/C26H29N3O3/c30-24(28-17-21-10-6-12-22(21)19-7-2-1-3-8-19)13-15-27-25(31)18-29-16-14-20-9-4-5-11-23(20)26(29)32/h1-5,7-9,11,14,16,21-22H,6,10,12-13,15,17-18H2,(H,27,31)(H,28,30)/t21-,22-/m0/s1. The molecule has 32 heavy (non-hydrogen) atoms. The van der Waals surface area contributed by atoms with Gasteiger partial charge in [-0.15, -0.1) is 0 Å². The Bertz CT molecular complexity index is 1140. The number of aromatic nitrogens is 1. The maximum Gasteiger partial charge on any atom is 0.258 e. The zero-order chi connectivity index (χ0) is 22.3. The van der Waals surface area contributed by atoms with E-state index < -0.39 is 0 Å². The van der Waals surface area contributed by atoms with Crippen LogP contribution in [0.15, 0.2) is 71.7 Å². The number of hydrogen-bond donors (Lipinski definition) is 2. The Morgan fingerprint density at radius 3 is 2.53 bits per heavy atom. The van der Waals surface area contributed by atoms with Crippen LogP contribution in [0.2, 0.25) is 0 Å². The summed E-state index contributed by atoms with van der Waals surface area (Å²) in [6.07, 6.45) is 5.32. The van der Waals surface area contributed by atoms with Gasteiger partial charge in [0.15, 0.2) is 0 Å². The lowest BCUT2D eigenvalue weighted by Gasteiger charge is -2.20. The highest BCUT2D eigenvalue weighted by atomic mass is 16.2. The minimum atomic E-state index is -0.282. The fraction of sp³-hybridized carbons (Fsp3) is 0.346. The van der Waals surface area contributed by atoms with Crippen molar-refractivity contribution in [1.29, 1.82) is 0 Å². The van der Waals surface area contributed by atoms with Crippen LogP contribution in [0.3, 0.4) is 0 Å². The molecule has 1 fully saturated rings. The van der Waals surface area contributed by atoms with Gasteiger partial charge in [0.25, 0.3) is 5.56 Å². The van der Waals surface area contributed by atoms with E-state index in [1.165, 1.54) is 16.6 Å². The number of carbonyl (C=O) groups excluding carboxylic acids is 2. The van der Waals surface area contributed by atoms with Gasteiger partial charge < -0.3 is 15.2 Å². The zero-order valence-electron chi connectivity index (χ0n) is 18.1. The van der Waals surface area contributed by atoms with Crippen LogP contribution < -0.4 is 16.2 Å². The fourth-order valence-electron chi connectivity index (χ4n) is 4.63. The summed E-state index contributed by atoms with van der Waals surface area (Å²) in [6, 6.07) is 19.6. The predicted octanol–water partition coefficient (Wildman–Crippen LogP) is 3.21. The maximum atomic E-state index is 12.5. The first-order valence-electron chi connectivity index (χ1n) is 11.3. The summed E-state index contributed by atoms with van der Waals surface area (Å²) in [7, 11) is 0. The van der Waals surface area contributed by atoms with E-state index in [0.717, 1.165) is 18.2 Å². The van der Waals surface area contributed by atoms with E-state index in [2.05, 4.69) is 34.9 Å². The van der Waals surface area contributed by atoms with E-state index in [4.69, 9.17) is 0 Å². The van der Waals surface area contributed by atoms with Gasteiger partial charge in [-0.2, -0.15) is 0 Å². The predicted molar refractivity (Wildman–Crippen MR) is 125 cm³/mol. The summed E-state index contributed by atoms with van der Waals surface area (Å²) in [6.45, 7) is 0.852. The highest BCUT2D eigenvalue weighted by molar-refractivity contribution is 5.82. The highest BCUT2D eigenvalue weighted by Gasteiger charge is 2.28. The molecule has 166 valence electrons. The second-order valence-electron chi connectivity index (χ2n) is 8.45. The van der Waals surface area contributed by atoms with Crippen LogP contribution >= 0.6 is 0 Å². The van der Waals surface area contributed by atoms with Crippen LogP contribution in [-0.4, -0.2) is 29.5 Å². The minimum absolute atomic E-state index is 0.0631. The molecule has 2 atom stereocenters. The van der Waals surface area contributed by atoms with Gasteiger partial charge in [0.1, 0.15) is 6.54 Å². The Hall–Kier alpha value is -3.41. The fourth-order valence-corrected chi connectivity index (χ4v) is 4.63. The third-order valence-electron chi connectivity index (χ3n) is 6.32. The summed E-state index contributed by atoms with van der Waals surface area (Å²) in [5, 5.41) is 7.21. The van der Waals surface area contributed by atoms with E-state index >= 15 is 0 Å². The van der Waals surface area contributed by atoms with Gasteiger partial charge in [-0.1, -0.05) is 55.0 Å². The number of nitrogens with one attached hydrogen (secondary N) is 2. The van der Waals surface area contributed by atoms with Crippen molar-refractivity contribution in [2.24, 2.45) is 5.92 Å². The zero-order valence-corrected chi connectivity index (χ0v) is 18.1. The quantitative estimate of drug-likeness (QED) is 0.575. The lowest BCUT2D eigenvalue weighted by atomic mass is 9.89. The molecule has 0 unspecified atom stereocenters. The Kier molecular flexibility index (Phi) is 7.00. The smallest absolute Gasteiger partial charge is 0.258 e. The first-order chi connectivity index (χ1) is 15.6. The van der Waals surface area contributed by atoms with E-state index in [1.807, 2.05) is 24.3 Å². The molecule has 0 radical (unpaired) electrons. The van der Waals surface area contributed by atoms with E-state index in [-0.39, 0.29) is 36.9 Å². The molecular weight excluding hydrogens is 402 g/mol. The van der Waals surface area contributed by atoms with Crippen molar-refractivity contribution in [3.63, 3.8) is 0 Å². The van der Waals surface area contributed by atoms with Crippen LogP contribution in [0.1, 0.15) is 37.2 Å². The van der Waals surface area contributed by atoms with Gasteiger partial charge in [0.05, 0.1) is 0 Å². The molecule has 1 aliphatic carbocycles. The van der Waals surface area contributed by atoms with E-state index in [9.17, 15) is 14.4 Å². The molecule has 0 spiro atoms. The molecule has 1 heterocycles. The molecule has 1 aromatic heterocycles. The molecule has 4 rings (SSSR count). The summed E-state index contributed by atoms with van der Waals surface area (Å²) >= 11 is 0. The second-order valence-corrected chi connectivity index (χ2v) is 8.45. The molecule has 0 saturated heterocycles. The number of hydrogen-bond acceptors (Lipinski definition) is 3. The summed E-state index contributed by atoms with van der Waals surface area (Å²) in [4.78, 5) is 37.0. The third-order valence-corrected chi connectivity index (χ3v) is 6.32. The minimum Gasteiger partial charge on any atom is -0.356 e.